The van der Waals surface area contributed by atoms with E-state index in [1.54, 1.807) is 24.1 Å². The molecule has 1 fully saturated rings. The number of amides is 1. The van der Waals surface area contributed by atoms with Crippen LogP contribution in [0.25, 0.3) is 0 Å². The Morgan fingerprint density at radius 1 is 1.20 bits per heavy atom. The van der Waals surface area contributed by atoms with Gasteiger partial charge in [0, 0.05) is 29.1 Å². The van der Waals surface area contributed by atoms with E-state index in [4.69, 9.17) is 0 Å². The molecule has 0 radical (unpaired) electrons. The normalized spacial score (nSPS) is 18.1. The van der Waals surface area contributed by atoms with E-state index in [0.29, 0.717) is 24.0 Å². The molecule has 1 aliphatic heterocycles. The fraction of sp³-hybridized carbons (Fsp3) is 0.417. The van der Waals surface area contributed by atoms with E-state index in [-0.39, 0.29) is 17.3 Å². The Morgan fingerprint density at radius 3 is 2.55 bits per heavy atom. The maximum atomic E-state index is 12.6. The summed E-state index contributed by atoms with van der Waals surface area (Å²) in [6.45, 7) is 0.814. The van der Waals surface area contributed by atoms with Crippen molar-refractivity contribution < 1.29 is 13.2 Å². The van der Waals surface area contributed by atoms with Gasteiger partial charge in [0.05, 0.1) is 11.4 Å². The molecule has 1 amide bonds. The van der Waals surface area contributed by atoms with Gasteiger partial charge in [-0.2, -0.15) is 4.31 Å². The highest BCUT2D eigenvalue weighted by Gasteiger charge is 2.31. The largest absolute Gasteiger partial charge is 0.345 e. The highest BCUT2D eigenvalue weighted by molar-refractivity contribution is 9.11. The van der Waals surface area contributed by atoms with Crippen molar-refractivity contribution in [2.75, 3.05) is 26.7 Å². The molecule has 0 bridgehead atoms. The Labute approximate surface area is 135 Å². The zero-order valence-corrected chi connectivity index (χ0v) is 14.8. The van der Waals surface area contributed by atoms with Gasteiger partial charge in [0.1, 0.15) is 0 Å². The first kappa shape index (κ1) is 15.9. The summed E-state index contributed by atoms with van der Waals surface area (Å²) >= 11 is 6.55. The van der Waals surface area contributed by atoms with E-state index >= 15 is 0 Å². The van der Waals surface area contributed by atoms with Gasteiger partial charge in [-0.25, -0.2) is 8.42 Å². The Morgan fingerprint density at radius 2 is 1.90 bits per heavy atom. The minimum atomic E-state index is -3.67. The van der Waals surface area contributed by atoms with E-state index in [1.807, 2.05) is 0 Å². The van der Waals surface area contributed by atoms with Crippen LogP contribution in [-0.2, 0) is 14.8 Å². The van der Waals surface area contributed by atoms with E-state index in [2.05, 4.69) is 31.9 Å². The Bertz CT molecular complexity index is 634. The first-order chi connectivity index (χ1) is 9.32. The summed E-state index contributed by atoms with van der Waals surface area (Å²) in [6, 6.07) is 4.88. The quantitative estimate of drug-likeness (QED) is 0.728. The van der Waals surface area contributed by atoms with Crippen LogP contribution in [0.1, 0.15) is 6.42 Å². The van der Waals surface area contributed by atoms with Crippen LogP contribution < -0.4 is 0 Å². The fourth-order valence-corrected chi connectivity index (χ4v) is 5.12. The molecule has 1 saturated heterocycles. The lowest BCUT2D eigenvalue weighted by Gasteiger charge is -2.20. The van der Waals surface area contributed by atoms with Crippen molar-refractivity contribution in [3.63, 3.8) is 0 Å². The first-order valence-corrected chi connectivity index (χ1v) is 9.04. The lowest BCUT2D eigenvalue weighted by Crippen LogP contribution is -2.38. The number of hydrogen-bond donors (Lipinski definition) is 0. The van der Waals surface area contributed by atoms with Gasteiger partial charge in [-0.3, -0.25) is 4.79 Å². The van der Waals surface area contributed by atoms with Crippen LogP contribution >= 0.6 is 31.9 Å². The van der Waals surface area contributed by atoms with Gasteiger partial charge in [0.2, 0.25) is 15.9 Å². The third-order valence-corrected chi connectivity index (χ3v) is 6.47. The zero-order chi connectivity index (χ0) is 14.9. The number of likely N-dealkylation sites (N-methyl/N-ethyl adjacent to an activating group) is 1. The number of halogens is 2. The Kier molecular flexibility index (Phi) is 4.88. The maximum absolute atomic E-state index is 12.6. The highest BCUT2D eigenvalue weighted by Crippen LogP contribution is 2.28. The maximum Gasteiger partial charge on any atom is 0.244 e. The molecule has 8 heteroatoms. The van der Waals surface area contributed by atoms with Crippen molar-refractivity contribution in [3.8, 4) is 0 Å². The summed E-state index contributed by atoms with van der Waals surface area (Å²) < 4.78 is 27.8. The number of carbonyl (C=O) groups excluding carboxylic acids is 1. The fourth-order valence-electron chi connectivity index (χ4n) is 1.99. The van der Waals surface area contributed by atoms with Crippen LogP contribution in [0.4, 0.5) is 0 Å². The molecule has 0 saturated carbocycles. The zero-order valence-electron chi connectivity index (χ0n) is 10.8. The molecule has 1 aromatic rings. The molecule has 20 heavy (non-hydrogen) atoms. The average molecular weight is 426 g/mol. The minimum absolute atomic E-state index is 0.110. The SMILES string of the molecule is CN1CCCN(S(=O)(=O)c2ccc(Br)cc2Br)CC1=O. The van der Waals surface area contributed by atoms with Crippen LogP contribution in [0.15, 0.2) is 32.0 Å². The minimum Gasteiger partial charge on any atom is -0.345 e. The van der Waals surface area contributed by atoms with Gasteiger partial charge in [-0.05, 0) is 40.5 Å². The number of benzene rings is 1. The van der Waals surface area contributed by atoms with Crippen LogP contribution in [0.5, 0.6) is 0 Å². The third-order valence-electron chi connectivity index (χ3n) is 3.15. The number of hydrogen-bond acceptors (Lipinski definition) is 3. The van der Waals surface area contributed by atoms with Crippen molar-refractivity contribution in [1.29, 1.82) is 0 Å². The van der Waals surface area contributed by atoms with Crippen molar-refractivity contribution >= 4 is 47.8 Å². The standard InChI is InChI=1S/C12H14Br2N2O3S/c1-15-5-2-6-16(8-12(15)17)20(18,19)11-4-3-9(13)7-10(11)14/h3-4,7H,2,5-6,8H2,1H3. The van der Waals surface area contributed by atoms with Gasteiger partial charge >= 0.3 is 0 Å². The molecule has 0 unspecified atom stereocenters. The number of sulfonamides is 1. The molecule has 1 heterocycles. The smallest absolute Gasteiger partial charge is 0.244 e. The van der Waals surface area contributed by atoms with E-state index < -0.39 is 10.0 Å². The van der Waals surface area contributed by atoms with Gasteiger partial charge in [0.25, 0.3) is 0 Å². The van der Waals surface area contributed by atoms with Crippen LogP contribution in [0.3, 0.4) is 0 Å². The van der Waals surface area contributed by atoms with Gasteiger partial charge in [-0.15, -0.1) is 0 Å². The predicted molar refractivity (Wildman–Crippen MR) is 82.9 cm³/mol. The monoisotopic (exact) mass is 424 g/mol. The number of nitrogens with zero attached hydrogens (tertiary/aromatic N) is 2. The summed E-state index contributed by atoms with van der Waals surface area (Å²) in [5.41, 5.74) is 0. The molecule has 1 aromatic carbocycles. The molecule has 1 aliphatic rings. The lowest BCUT2D eigenvalue weighted by molar-refractivity contribution is -0.129. The molecular weight excluding hydrogens is 412 g/mol. The second-order valence-corrected chi connectivity index (χ2v) is 8.26. The van der Waals surface area contributed by atoms with Gasteiger partial charge in [-0.1, -0.05) is 15.9 Å². The summed E-state index contributed by atoms with van der Waals surface area (Å²) in [7, 11) is -1.98. The topological polar surface area (TPSA) is 57.7 Å². The molecule has 2 rings (SSSR count). The third kappa shape index (κ3) is 3.24. The first-order valence-electron chi connectivity index (χ1n) is 6.01. The van der Waals surface area contributed by atoms with E-state index in [0.717, 1.165) is 4.47 Å². The summed E-state index contributed by atoms with van der Waals surface area (Å²) in [6.07, 6.45) is 0.635. The second-order valence-electron chi connectivity index (χ2n) is 4.58. The number of rotatable bonds is 2. The van der Waals surface area contributed by atoms with E-state index in [1.165, 1.54) is 10.4 Å². The molecule has 0 aliphatic carbocycles. The van der Waals surface area contributed by atoms with Crippen LogP contribution in [-0.4, -0.2) is 50.2 Å². The molecular formula is C12H14Br2N2O3S. The second kappa shape index (κ2) is 6.13. The highest BCUT2D eigenvalue weighted by atomic mass is 79.9. The van der Waals surface area contributed by atoms with Crippen molar-refractivity contribution in [2.45, 2.75) is 11.3 Å². The van der Waals surface area contributed by atoms with E-state index in [9.17, 15) is 13.2 Å². The predicted octanol–water partition coefficient (Wildman–Crippen LogP) is 2.06. The summed E-state index contributed by atoms with van der Waals surface area (Å²) in [5.74, 6) is -0.181. The van der Waals surface area contributed by atoms with Crippen molar-refractivity contribution in [3.05, 3.63) is 27.1 Å². The number of carbonyl (C=O) groups is 1. The average Bonchev–Trinajstić information content (AvgIpc) is 2.52. The summed E-state index contributed by atoms with van der Waals surface area (Å²) in [5, 5.41) is 0. The molecule has 0 N–H and O–H groups in total. The van der Waals surface area contributed by atoms with Crippen molar-refractivity contribution in [2.24, 2.45) is 0 Å². The molecule has 0 spiro atoms. The molecule has 0 aromatic heterocycles. The van der Waals surface area contributed by atoms with Gasteiger partial charge in [0.15, 0.2) is 0 Å². The van der Waals surface area contributed by atoms with Gasteiger partial charge < -0.3 is 4.90 Å². The lowest BCUT2D eigenvalue weighted by atomic mass is 10.4. The molecule has 5 nitrogen and oxygen atoms in total. The Balaban J connectivity index is 2.36. The van der Waals surface area contributed by atoms with Crippen molar-refractivity contribution in [1.82, 2.24) is 9.21 Å². The van der Waals surface area contributed by atoms with Crippen LogP contribution in [0.2, 0.25) is 0 Å². The van der Waals surface area contributed by atoms with Crippen LogP contribution in [0, 0.1) is 0 Å². The summed E-state index contributed by atoms with van der Waals surface area (Å²) in [4.78, 5) is 13.6. The Hall–Kier alpha value is -0.440. The molecule has 110 valence electrons. The molecule has 0 atom stereocenters.